The predicted molar refractivity (Wildman–Crippen MR) is 103 cm³/mol. The second-order valence-electron chi connectivity index (χ2n) is 6.96. The highest BCUT2D eigenvalue weighted by Gasteiger charge is 2.26. The molecule has 0 bridgehead atoms. The van der Waals surface area contributed by atoms with Gasteiger partial charge in [0.2, 0.25) is 0 Å². The number of benzene rings is 2. The Balaban J connectivity index is 1.64. The molecule has 2 atom stereocenters. The maximum absolute atomic E-state index is 12.5. The molecule has 146 valence electrons. The average Bonchev–Trinajstić information content (AvgIpc) is 2.67. The van der Waals surface area contributed by atoms with E-state index in [2.05, 4.69) is 11.4 Å². The Hall–Kier alpha value is -3.22. The first-order valence-electron chi connectivity index (χ1n) is 9.21. The van der Waals surface area contributed by atoms with E-state index in [9.17, 15) is 19.7 Å². The number of carbonyl (C=O) groups is 2. The van der Waals surface area contributed by atoms with Crippen LogP contribution in [-0.2, 0) is 16.0 Å². The van der Waals surface area contributed by atoms with Crippen molar-refractivity contribution in [2.45, 2.75) is 45.3 Å². The largest absolute Gasteiger partial charge is 0.449 e. The van der Waals surface area contributed by atoms with Gasteiger partial charge in [0.25, 0.3) is 11.6 Å². The molecule has 0 unspecified atom stereocenters. The van der Waals surface area contributed by atoms with E-state index >= 15 is 0 Å². The molecular weight excluding hydrogens is 360 g/mol. The van der Waals surface area contributed by atoms with Crippen LogP contribution in [0.5, 0.6) is 0 Å². The number of rotatable bonds is 5. The molecule has 0 fully saturated rings. The maximum Gasteiger partial charge on any atom is 0.338 e. The molecule has 0 spiro atoms. The van der Waals surface area contributed by atoms with Crippen LogP contribution in [0, 0.1) is 17.0 Å². The van der Waals surface area contributed by atoms with E-state index in [4.69, 9.17) is 4.74 Å². The molecule has 1 aliphatic carbocycles. The van der Waals surface area contributed by atoms with Crippen LogP contribution in [0.4, 0.5) is 5.69 Å². The second-order valence-corrected chi connectivity index (χ2v) is 6.96. The Kier molecular flexibility index (Phi) is 5.73. The van der Waals surface area contributed by atoms with Gasteiger partial charge in [-0.15, -0.1) is 0 Å². The second kappa shape index (κ2) is 8.21. The van der Waals surface area contributed by atoms with Crippen molar-refractivity contribution in [2.24, 2.45) is 0 Å². The standard InChI is InChI=1S/C21H22N2O5/c1-13-12-16(10-11-19(13)23(26)27)21(25)28-14(2)20(24)22-18-9-5-7-15-6-3-4-8-17(15)18/h3-4,6,8,10-12,14,18H,5,7,9H2,1-2H3,(H,22,24)/t14-,18-/m0/s1. The van der Waals surface area contributed by atoms with Gasteiger partial charge < -0.3 is 10.1 Å². The monoisotopic (exact) mass is 382 g/mol. The fourth-order valence-corrected chi connectivity index (χ4v) is 3.46. The molecular formula is C21H22N2O5. The summed E-state index contributed by atoms with van der Waals surface area (Å²) in [4.78, 5) is 35.2. The van der Waals surface area contributed by atoms with Gasteiger partial charge >= 0.3 is 5.97 Å². The van der Waals surface area contributed by atoms with E-state index in [0.29, 0.717) is 5.56 Å². The van der Waals surface area contributed by atoms with Crippen molar-refractivity contribution in [3.8, 4) is 0 Å². The van der Waals surface area contributed by atoms with Gasteiger partial charge in [-0.2, -0.15) is 0 Å². The van der Waals surface area contributed by atoms with Crippen LogP contribution in [0.25, 0.3) is 0 Å². The summed E-state index contributed by atoms with van der Waals surface area (Å²) >= 11 is 0. The smallest absolute Gasteiger partial charge is 0.338 e. The van der Waals surface area contributed by atoms with Gasteiger partial charge in [0, 0.05) is 11.6 Å². The van der Waals surface area contributed by atoms with Crippen molar-refractivity contribution in [1.29, 1.82) is 0 Å². The van der Waals surface area contributed by atoms with Crippen LogP contribution in [0.3, 0.4) is 0 Å². The summed E-state index contributed by atoms with van der Waals surface area (Å²) in [6.45, 7) is 3.06. The van der Waals surface area contributed by atoms with Crippen molar-refractivity contribution in [2.75, 3.05) is 0 Å². The maximum atomic E-state index is 12.5. The molecule has 0 saturated heterocycles. The number of nitro benzene ring substituents is 1. The summed E-state index contributed by atoms with van der Waals surface area (Å²) in [5.74, 6) is -1.06. The van der Waals surface area contributed by atoms with E-state index in [1.807, 2.05) is 18.2 Å². The molecule has 3 rings (SSSR count). The van der Waals surface area contributed by atoms with E-state index < -0.39 is 17.0 Å². The lowest BCUT2D eigenvalue weighted by molar-refractivity contribution is -0.385. The molecule has 0 radical (unpaired) electrons. The number of hydrogen-bond acceptors (Lipinski definition) is 5. The lowest BCUT2D eigenvalue weighted by Crippen LogP contribution is -2.39. The molecule has 0 heterocycles. The Bertz CT molecular complexity index is 925. The third kappa shape index (κ3) is 4.19. The number of esters is 1. The number of amides is 1. The zero-order valence-electron chi connectivity index (χ0n) is 15.8. The van der Waals surface area contributed by atoms with Crippen LogP contribution in [0.1, 0.15) is 52.9 Å². The highest BCUT2D eigenvalue weighted by Crippen LogP contribution is 2.29. The van der Waals surface area contributed by atoms with Gasteiger partial charge in [-0.25, -0.2) is 4.79 Å². The van der Waals surface area contributed by atoms with Gasteiger partial charge in [0.15, 0.2) is 6.10 Å². The van der Waals surface area contributed by atoms with Crippen molar-refractivity contribution < 1.29 is 19.2 Å². The number of nitro groups is 1. The topological polar surface area (TPSA) is 98.5 Å². The zero-order valence-corrected chi connectivity index (χ0v) is 15.8. The van der Waals surface area contributed by atoms with Crippen LogP contribution < -0.4 is 5.32 Å². The van der Waals surface area contributed by atoms with Gasteiger partial charge in [0.1, 0.15) is 0 Å². The van der Waals surface area contributed by atoms with E-state index in [1.165, 1.54) is 30.7 Å². The summed E-state index contributed by atoms with van der Waals surface area (Å²) in [6.07, 6.45) is 1.84. The van der Waals surface area contributed by atoms with Gasteiger partial charge in [-0.3, -0.25) is 14.9 Å². The number of fused-ring (bicyclic) bond motifs is 1. The number of nitrogens with one attached hydrogen (secondary N) is 1. The SMILES string of the molecule is Cc1cc(C(=O)O[C@@H](C)C(=O)N[C@H]2CCCc3ccccc32)ccc1[N+](=O)[O-]. The molecule has 2 aromatic rings. The number of carbonyl (C=O) groups excluding carboxylic acids is 2. The van der Waals surface area contributed by atoms with Crippen molar-refractivity contribution in [3.63, 3.8) is 0 Å². The first-order valence-corrected chi connectivity index (χ1v) is 9.21. The third-order valence-electron chi connectivity index (χ3n) is 4.97. The molecule has 28 heavy (non-hydrogen) atoms. The van der Waals surface area contributed by atoms with Crippen molar-refractivity contribution in [1.82, 2.24) is 5.32 Å². The van der Waals surface area contributed by atoms with Crippen LogP contribution in [0.2, 0.25) is 0 Å². The molecule has 2 aromatic carbocycles. The highest BCUT2D eigenvalue weighted by atomic mass is 16.6. The molecule has 7 heteroatoms. The third-order valence-corrected chi connectivity index (χ3v) is 4.97. The van der Waals surface area contributed by atoms with Gasteiger partial charge in [0.05, 0.1) is 16.5 Å². The van der Waals surface area contributed by atoms with Crippen LogP contribution >= 0.6 is 0 Å². The molecule has 0 aliphatic heterocycles. The number of aryl methyl sites for hydroxylation is 2. The Morgan fingerprint density at radius 3 is 2.71 bits per heavy atom. The van der Waals surface area contributed by atoms with Crippen molar-refractivity contribution in [3.05, 3.63) is 74.8 Å². The minimum absolute atomic E-state index is 0.0710. The Morgan fingerprint density at radius 1 is 1.25 bits per heavy atom. The summed E-state index contributed by atoms with van der Waals surface area (Å²) in [5, 5.41) is 13.8. The Labute approximate surface area is 162 Å². The molecule has 1 amide bonds. The quantitative estimate of drug-likeness (QED) is 0.484. The van der Waals surface area contributed by atoms with Crippen LogP contribution in [0.15, 0.2) is 42.5 Å². The molecule has 7 nitrogen and oxygen atoms in total. The fourth-order valence-electron chi connectivity index (χ4n) is 3.46. The minimum atomic E-state index is -0.975. The molecule has 0 saturated carbocycles. The summed E-state index contributed by atoms with van der Waals surface area (Å²) in [7, 11) is 0. The molecule has 0 aromatic heterocycles. The zero-order chi connectivity index (χ0) is 20.3. The summed E-state index contributed by atoms with van der Waals surface area (Å²) in [5.41, 5.74) is 2.79. The minimum Gasteiger partial charge on any atom is -0.449 e. The summed E-state index contributed by atoms with van der Waals surface area (Å²) in [6, 6.07) is 11.9. The normalized spacial score (nSPS) is 16.6. The van der Waals surface area contributed by atoms with E-state index in [1.54, 1.807) is 6.92 Å². The lowest BCUT2D eigenvalue weighted by atomic mass is 9.87. The fraction of sp³-hybridized carbons (Fsp3) is 0.333. The van der Waals surface area contributed by atoms with Gasteiger partial charge in [-0.1, -0.05) is 24.3 Å². The molecule has 1 N–H and O–H groups in total. The van der Waals surface area contributed by atoms with E-state index in [-0.39, 0.29) is 23.2 Å². The van der Waals surface area contributed by atoms with E-state index in [0.717, 1.165) is 24.8 Å². The average molecular weight is 382 g/mol. The summed E-state index contributed by atoms with van der Waals surface area (Å²) < 4.78 is 5.26. The molecule has 1 aliphatic rings. The van der Waals surface area contributed by atoms with Gasteiger partial charge in [-0.05, 0) is 56.4 Å². The lowest BCUT2D eigenvalue weighted by Gasteiger charge is -2.27. The van der Waals surface area contributed by atoms with Crippen LogP contribution in [-0.4, -0.2) is 22.9 Å². The predicted octanol–water partition coefficient (Wildman–Crippen LogP) is 3.64. The number of hydrogen-bond donors (Lipinski definition) is 1. The highest BCUT2D eigenvalue weighted by molar-refractivity contribution is 5.92. The first kappa shape index (κ1) is 19.5. The number of ether oxygens (including phenoxy) is 1. The Morgan fingerprint density at radius 2 is 2.00 bits per heavy atom. The van der Waals surface area contributed by atoms with Crippen molar-refractivity contribution >= 4 is 17.6 Å². The first-order chi connectivity index (χ1) is 13.4. The number of nitrogens with zero attached hydrogens (tertiary/aromatic N) is 1.